The summed E-state index contributed by atoms with van der Waals surface area (Å²) in [6.45, 7) is 12.3. The van der Waals surface area contributed by atoms with Gasteiger partial charge in [0.15, 0.2) is 0 Å². The monoisotopic (exact) mass is 275 g/mol. The summed E-state index contributed by atoms with van der Waals surface area (Å²) in [5.41, 5.74) is 2.48. The minimum Gasteiger partial charge on any atom is -0.313 e. The van der Waals surface area contributed by atoms with Crippen LogP contribution in [0.4, 0.5) is 0 Å². The Hall–Kier alpha value is -0.930. The van der Waals surface area contributed by atoms with E-state index in [9.17, 15) is 0 Å². The van der Waals surface area contributed by atoms with E-state index in [2.05, 4.69) is 48.1 Å². The first kappa shape index (κ1) is 15.5. The van der Waals surface area contributed by atoms with Gasteiger partial charge in [-0.3, -0.25) is 9.88 Å². The second-order valence-electron chi connectivity index (χ2n) is 6.47. The summed E-state index contributed by atoms with van der Waals surface area (Å²) in [4.78, 5) is 7.17. The van der Waals surface area contributed by atoms with E-state index < -0.39 is 0 Å². The summed E-state index contributed by atoms with van der Waals surface area (Å²) in [5.74, 6) is 1.63. The molecule has 2 unspecified atom stereocenters. The molecule has 0 aliphatic carbocycles. The van der Waals surface area contributed by atoms with E-state index in [0.717, 1.165) is 31.5 Å². The number of rotatable bonds is 6. The van der Waals surface area contributed by atoms with Gasteiger partial charge in [0.2, 0.25) is 0 Å². The minimum absolute atomic E-state index is 0.816. The highest BCUT2D eigenvalue weighted by Crippen LogP contribution is 2.22. The summed E-state index contributed by atoms with van der Waals surface area (Å²) in [6, 6.07) is 4.40. The maximum atomic E-state index is 4.62. The molecular weight excluding hydrogens is 246 g/mol. The number of likely N-dealkylation sites (tertiary alicyclic amines) is 1. The van der Waals surface area contributed by atoms with E-state index in [1.54, 1.807) is 0 Å². The first-order valence-electron chi connectivity index (χ1n) is 8.04. The number of nitrogens with zero attached hydrogens (tertiary/aromatic N) is 2. The molecule has 1 saturated heterocycles. The van der Waals surface area contributed by atoms with E-state index in [4.69, 9.17) is 0 Å². The smallest absolute Gasteiger partial charge is 0.0544 e. The highest BCUT2D eigenvalue weighted by atomic mass is 15.1. The quantitative estimate of drug-likeness (QED) is 0.809. The zero-order valence-electron chi connectivity index (χ0n) is 13.2. The number of hydrogen-bond acceptors (Lipinski definition) is 3. The molecule has 2 rings (SSSR count). The van der Waals surface area contributed by atoms with Crippen molar-refractivity contribution in [2.75, 3.05) is 19.6 Å². The van der Waals surface area contributed by atoms with E-state index in [1.807, 2.05) is 6.20 Å². The molecule has 20 heavy (non-hydrogen) atoms. The van der Waals surface area contributed by atoms with E-state index >= 15 is 0 Å². The van der Waals surface area contributed by atoms with Crippen LogP contribution in [-0.4, -0.2) is 29.5 Å². The van der Waals surface area contributed by atoms with Crippen molar-refractivity contribution in [2.24, 2.45) is 11.8 Å². The van der Waals surface area contributed by atoms with Crippen molar-refractivity contribution in [3.8, 4) is 0 Å². The van der Waals surface area contributed by atoms with E-state index in [0.29, 0.717) is 0 Å². The first-order chi connectivity index (χ1) is 9.67. The maximum absolute atomic E-state index is 4.62. The van der Waals surface area contributed by atoms with Gasteiger partial charge < -0.3 is 5.32 Å². The molecule has 0 saturated carbocycles. The molecule has 112 valence electrons. The largest absolute Gasteiger partial charge is 0.313 e. The number of nitrogens with one attached hydrogen (secondary N) is 1. The molecule has 0 amide bonds. The minimum atomic E-state index is 0.816. The van der Waals surface area contributed by atoms with Crippen molar-refractivity contribution in [2.45, 2.75) is 46.7 Å². The zero-order valence-corrected chi connectivity index (χ0v) is 13.2. The van der Waals surface area contributed by atoms with Crippen LogP contribution in [0.25, 0.3) is 0 Å². The van der Waals surface area contributed by atoms with Gasteiger partial charge in [-0.2, -0.15) is 0 Å². The topological polar surface area (TPSA) is 28.2 Å². The third-order valence-electron chi connectivity index (χ3n) is 3.97. The fourth-order valence-electron chi connectivity index (χ4n) is 3.21. The van der Waals surface area contributed by atoms with E-state index in [-0.39, 0.29) is 0 Å². The van der Waals surface area contributed by atoms with Crippen LogP contribution in [0.15, 0.2) is 18.3 Å². The van der Waals surface area contributed by atoms with Crippen molar-refractivity contribution in [3.63, 3.8) is 0 Å². The molecule has 1 fully saturated rings. The van der Waals surface area contributed by atoms with Crippen LogP contribution in [0.1, 0.15) is 44.9 Å². The summed E-state index contributed by atoms with van der Waals surface area (Å²) in [7, 11) is 0. The Morgan fingerprint density at radius 1 is 1.25 bits per heavy atom. The van der Waals surface area contributed by atoms with Crippen LogP contribution in [-0.2, 0) is 13.1 Å². The highest BCUT2D eigenvalue weighted by Gasteiger charge is 2.21. The molecular formula is C17H29N3. The molecule has 3 heteroatoms. The Balaban J connectivity index is 1.83. The van der Waals surface area contributed by atoms with Crippen LogP contribution in [0.5, 0.6) is 0 Å². The van der Waals surface area contributed by atoms with Crippen molar-refractivity contribution in [1.29, 1.82) is 0 Å². The molecule has 1 N–H and O–H groups in total. The van der Waals surface area contributed by atoms with Crippen LogP contribution in [0.3, 0.4) is 0 Å². The van der Waals surface area contributed by atoms with Crippen molar-refractivity contribution in [1.82, 2.24) is 15.2 Å². The summed E-state index contributed by atoms with van der Waals surface area (Å²) >= 11 is 0. The highest BCUT2D eigenvalue weighted by molar-refractivity contribution is 5.14. The first-order valence-corrected chi connectivity index (χ1v) is 8.04. The van der Waals surface area contributed by atoms with Crippen LogP contribution < -0.4 is 5.32 Å². The SMILES string of the molecule is CCCNCc1ccc(CN2CC(C)CC(C)C2)nc1. The molecule has 1 aromatic heterocycles. The fraction of sp³-hybridized carbons (Fsp3) is 0.706. The molecule has 0 bridgehead atoms. The van der Waals surface area contributed by atoms with Gasteiger partial charge in [-0.25, -0.2) is 0 Å². The lowest BCUT2D eigenvalue weighted by Crippen LogP contribution is -2.38. The van der Waals surface area contributed by atoms with Gasteiger partial charge in [0.05, 0.1) is 5.69 Å². The summed E-state index contributed by atoms with van der Waals surface area (Å²) in [6.07, 6.45) is 4.57. The third-order valence-corrected chi connectivity index (χ3v) is 3.97. The number of hydrogen-bond donors (Lipinski definition) is 1. The van der Waals surface area contributed by atoms with Gasteiger partial charge in [-0.15, -0.1) is 0 Å². The second kappa shape index (κ2) is 7.75. The molecule has 0 aromatic carbocycles. The lowest BCUT2D eigenvalue weighted by Gasteiger charge is -2.34. The standard InChI is InChI=1S/C17H29N3/c1-4-7-18-9-16-5-6-17(19-10-16)13-20-11-14(2)8-15(3)12-20/h5-6,10,14-15,18H,4,7-9,11-13H2,1-3H3. The van der Waals surface area contributed by atoms with Crippen LogP contribution in [0.2, 0.25) is 0 Å². The summed E-state index contributed by atoms with van der Waals surface area (Å²) in [5, 5.41) is 3.41. The predicted molar refractivity (Wildman–Crippen MR) is 84.5 cm³/mol. The van der Waals surface area contributed by atoms with Gasteiger partial charge in [-0.05, 0) is 42.9 Å². The number of pyridine rings is 1. The van der Waals surface area contributed by atoms with Gasteiger partial charge in [-0.1, -0.05) is 26.8 Å². The maximum Gasteiger partial charge on any atom is 0.0544 e. The zero-order chi connectivity index (χ0) is 14.4. The lowest BCUT2D eigenvalue weighted by molar-refractivity contribution is 0.133. The normalized spacial score (nSPS) is 23.9. The molecule has 2 heterocycles. The predicted octanol–water partition coefficient (Wildman–Crippen LogP) is 3.06. The Morgan fingerprint density at radius 2 is 2.00 bits per heavy atom. The summed E-state index contributed by atoms with van der Waals surface area (Å²) < 4.78 is 0. The van der Waals surface area contributed by atoms with Crippen LogP contribution in [0, 0.1) is 11.8 Å². The number of aromatic nitrogens is 1. The molecule has 3 nitrogen and oxygen atoms in total. The fourth-order valence-corrected chi connectivity index (χ4v) is 3.21. The van der Waals surface area contributed by atoms with Gasteiger partial charge in [0, 0.05) is 32.4 Å². The molecule has 1 aliphatic rings. The van der Waals surface area contributed by atoms with Crippen molar-refractivity contribution >= 4 is 0 Å². The van der Waals surface area contributed by atoms with E-state index in [1.165, 1.54) is 37.2 Å². The van der Waals surface area contributed by atoms with Crippen molar-refractivity contribution < 1.29 is 0 Å². The Morgan fingerprint density at radius 3 is 2.60 bits per heavy atom. The molecule has 1 aliphatic heterocycles. The van der Waals surface area contributed by atoms with Crippen molar-refractivity contribution in [3.05, 3.63) is 29.6 Å². The molecule has 0 radical (unpaired) electrons. The van der Waals surface area contributed by atoms with Gasteiger partial charge >= 0.3 is 0 Å². The molecule has 2 atom stereocenters. The third kappa shape index (κ3) is 4.88. The molecule has 0 spiro atoms. The van der Waals surface area contributed by atoms with Gasteiger partial charge in [0.1, 0.15) is 0 Å². The Kier molecular flexibility index (Phi) is 5.99. The lowest BCUT2D eigenvalue weighted by atomic mass is 9.92. The average Bonchev–Trinajstić information content (AvgIpc) is 2.40. The average molecular weight is 275 g/mol. The second-order valence-corrected chi connectivity index (χ2v) is 6.47. The van der Waals surface area contributed by atoms with Gasteiger partial charge in [0.25, 0.3) is 0 Å². The number of piperidine rings is 1. The van der Waals surface area contributed by atoms with Crippen LogP contribution >= 0.6 is 0 Å². The molecule has 1 aromatic rings. The Labute approximate surface area is 123 Å². The Bertz CT molecular complexity index is 378.